The van der Waals surface area contributed by atoms with Crippen molar-refractivity contribution in [3.63, 3.8) is 0 Å². The molecule has 0 saturated heterocycles. The average molecular weight is 414 g/mol. The van der Waals surface area contributed by atoms with Gasteiger partial charge >= 0.3 is 0 Å². The van der Waals surface area contributed by atoms with Crippen molar-refractivity contribution >= 4 is 11.7 Å². The summed E-state index contributed by atoms with van der Waals surface area (Å²) in [6, 6.07) is 7.66. The second-order valence-corrected chi connectivity index (χ2v) is 7.58. The molecule has 0 atom stereocenters. The zero-order valence-electron chi connectivity index (χ0n) is 18.3. The molecule has 0 bridgehead atoms. The minimum absolute atomic E-state index is 0. The molecule has 0 radical (unpaired) electrons. The number of ether oxygens (including phenoxy) is 2. The predicted octanol–water partition coefficient (Wildman–Crippen LogP) is 2.61. The van der Waals surface area contributed by atoms with E-state index in [2.05, 4.69) is 16.3 Å². The molecule has 7 heteroatoms. The van der Waals surface area contributed by atoms with Crippen molar-refractivity contribution in [2.24, 2.45) is 4.99 Å². The van der Waals surface area contributed by atoms with E-state index in [9.17, 15) is 4.79 Å². The van der Waals surface area contributed by atoms with Crippen LogP contribution in [0.1, 0.15) is 36.2 Å². The number of hydrogen-bond acceptors (Lipinski definition) is 5. The van der Waals surface area contributed by atoms with Crippen LogP contribution in [0.25, 0.3) is 0 Å². The summed E-state index contributed by atoms with van der Waals surface area (Å²) in [4.78, 5) is 19.5. The first kappa shape index (κ1) is 23.5. The third-order valence-electron chi connectivity index (χ3n) is 5.12. The zero-order chi connectivity index (χ0) is 21.0. The van der Waals surface area contributed by atoms with E-state index in [0.29, 0.717) is 31.0 Å². The van der Waals surface area contributed by atoms with E-state index in [1.165, 1.54) is 5.56 Å². The molecular weight excluding hydrogens is 382 g/mol. The largest absolute Gasteiger partial charge is 0.501 e. The maximum Gasteiger partial charge on any atom is 0.256 e. The fraction of sp³-hybridized carbons (Fsp3) is 0.391. The van der Waals surface area contributed by atoms with Crippen LogP contribution in [0.5, 0.6) is 0 Å². The molecule has 162 valence electrons. The monoisotopic (exact) mass is 413 g/mol. The third kappa shape index (κ3) is 5.44. The Hall–Kier alpha value is -2.74. The number of nitrogens with zero attached hydrogens (tertiary/aromatic N) is 2. The summed E-state index contributed by atoms with van der Waals surface area (Å²) in [6.45, 7) is 6.01. The smallest absolute Gasteiger partial charge is 0.256 e. The van der Waals surface area contributed by atoms with Crippen LogP contribution in [0.15, 0.2) is 63.5 Å². The Balaban J connectivity index is 0.00000320. The number of benzene rings is 1. The van der Waals surface area contributed by atoms with Crippen molar-refractivity contribution in [1.29, 1.82) is 0 Å². The third-order valence-corrected chi connectivity index (χ3v) is 5.12. The first-order valence-electron chi connectivity index (χ1n) is 9.73. The Kier molecular flexibility index (Phi) is 8.11. The Morgan fingerprint density at radius 3 is 2.50 bits per heavy atom. The van der Waals surface area contributed by atoms with Gasteiger partial charge in [0.1, 0.15) is 5.84 Å². The maximum absolute atomic E-state index is 12.7. The number of carbonyl (C=O) groups excluding carboxylic acids is 1. The normalized spacial score (nSPS) is 19.1. The van der Waals surface area contributed by atoms with Gasteiger partial charge in [-0.05, 0) is 56.8 Å². The van der Waals surface area contributed by atoms with Crippen molar-refractivity contribution in [2.45, 2.75) is 26.8 Å². The summed E-state index contributed by atoms with van der Waals surface area (Å²) < 4.78 is 10.9. The van der Waals surface area contributed by atoms with E-state index in [0.717, 1.165) is 34.7 Å². The van der Waals surface area contributed by atoms with Crippen LogP contribution in [0.2, 0.25) is 0 Å². The van der Waals surface area contributed by atoms with Gasteiger partial charge in [-0.25, -0.2) is 4.99 Å². The van der Waals surface area contributed by atoms with E-state index < -0.39 is 0 Å². The Morgan fingerprint density at radius 1 is 1.23 bits per heavy atom. The van der Waals surface area contributed by atoms with Gasteiger partial charge in [0, 0.05) is 24.1 Å². The molecule has 0 unspecified atom stereocenters. The number of hydrogen-bond donors (Lipinski definition) is 1. The standard InChI is InChI=1S/C23H29N3O3.H2O/c1-15(19-10-11-29-14-19)22-20(16(2)28-5)12-21(24-22)25-23(27)18-8-6-17(7-9-18)13-26(3)4;/h6-10H,11-14H2,1-5H3,(H,24,25,27);1H2/b20-16+,22-15-;. The maximum atomic E-state index is 12.7. The minimum atomic E-state index is -0.156. The lowest BCUT2D eigenvalue weighted by molar-refractivity contribution is 0.0976. The highest BCUT2D eigenvalue weighted by atomic mass is 16.5. The first-order valence-corrected chi connectivity index (χ1v) is 9.73. The van der Waals surface area contributed by atoms with Crippen molar-refractivity contribution < 1.29 is 19.7 Å². The molecular formula is C23H31N3O4. The zero-order valence-corrected chi connectivity index (χ0v) is 18.3. The van der Waals surface area contributed by atoms with E-state index in [1.54, 1.807) is 7.11 Å². The Morgan fingerprint density at radius 2 is 1.93 bits per heavy atom. The van der Waals surface area contributed by atoms with Gasteiger partial charge in [-0.2, -0.15) is 0 Å². The van der Waals surface area contributed by atoms with Gasteiger partial charge in [0.2, 0.25) is 0 Å². The van der Waals surface area contributed by atoms with E-state index in [1.807, 2.05) is 52.2 Å². The predicted molar refractivity (Wildman–Crippen MR) is 118 cm³/mol. The number of aliphatic imine (C=N–C) groups is 1. The highest BCUT2D eigenvalue weighted by Crippen LogP contribution is 2.33. The Labute approximate surface area is 178 Å². The molecule has 1 amide bonds. The summed E-state index contributed by atoms with van der Waals surface area (Å²) in [6.07, 6.45) is 2.61. The van der Waals surface area contributed by atoms with Gasteiger partial charge < -0.3 is 25.2 Å². The molecule has 2 aliphatic rings. The van der Waals surface area contributed by atoms with Crippen LogP contribution in [0.3, 0.4) is 0 Å². The molecule has 3 rings (SSSR count). The SMILES string of the molecule is CO/C(C)=C1\CC(NC(=O)c2ccc(CN(C)C)cc2)=N\C1=C(\C)C1=CCOC1.O. The van der Waals surface area contributed by atoms with Gasteiger partial charge in [0.25, 0.3) is 5.91 Å². The van der Waals surface area contributed by atoms with Gasteiger partial charge in [0.15, 0.2) is 0 Å². The van der Waals surface area contributed by atoms with Gasteiger partial charge in [-0.1, -0.05) is 18.2 Å². The fourth-order valence-corrected chi connectivity index (χ4v) is 3.42. The molecule has 7 nitrogen and oxygen atoms in total. The summed E-state index contributed by atoms with van der Waals surface area (Å²) in [5.41, 5.74) is 5.83. The quantitative estimate of drug-likeness (QED) is 0.751. The lowest BCUT2D eigenvalue weighted by Gasteiger charge is -2.10. The topological polar surface area (TPSA) is 94.7 Å². The number of carbonyl (C=O) groups is 1. The van der Waals surface area contributed by atoms with Crippen molar-refractivity contribution in [2.75, 3.05) is 34.4 Å². The fourth-order valence-electron chi connectivity index (χ4n) is 3.42. The summed E-state index contributed by atoms with van der Waals surface area (Å²) >= 11 is 0. The Bertz CT molecular complexity index is 909. The average Bonchev–Trinajstić information content (AvgIpc) is 3.37. The second kappa shape index (κ2) is 10.3. The molecule has 1 aromatic rings. The minimum Gasteiger partial charge on any atom is -0.501 e. The molecule has 2 heterocycles. The van der Waals surface area contributed by atoms with Crippen molar-refractivity contribution in [3.8, 4) is 0 Å². The van der Waals surface area contributed by atoms with Crippen LogP contribution in [-0.4, -0.2) is 56.5 Å². The van der Waals surface area contributed by atoms with E-state index >= 15 is 0 Å². The van der Waals surface area contributed by atoms with Gasteiger partial charge in [-0.15, -0.1) is 0 Å². The van der Waals surface area contributed by atoms with Gasteiger partial charge in [-0.3, -0.25) is 4.79 Å². The first-order chi connectivity index (χ1) is 13.9. The number of amidine groups is 1. The molecule has 0 aromatic heterocycles. The summed E-state index contributed by atoms with van der Waals surface area (Å²) in [7, 11) is 5.69. The van der Waals surface area contributed by atoms with E-state index in [-0.39, 0.29) is 11.4 Å². The number of amides is 1. The van der Waals surface area contributed by atoms with Crippen LogP contribution >= 0.6 is 0 Å². The van der Waals surface area contributed by atoms with Crippen molar-refractivity contribution in [1.82, 2.24) is 10.2 Å². The lowest BCUT2D eigenvalue weighted by atomic mass is 10.0. The molecule has 0 aliphatic carbocycles. The molecule has 2 aliphatic heterocycles. The lowest BCUT2D eigenvalue weighted by Crippen LogP contribution is -2.29. The highest BCUT2D eigenvalue weighted by molar-refractivity contribution is 6.08. The molecule has 3 N–H and O–H groups in total. The summed E-state index contributed by atoms with van der Waals surface area (Å²) in [5, 5.41) is 2.97. The van der Waals surface area contributed by atoms with Crippen LogP contribution in [-0.2, 0) is 16.0 Å². The number of allylic oxidation sites excluding steroid dienone is 2. The van der Waals surface area contributed by atoms with Crippen LogP contribution in [0.4, 0.5) is 0 Å². The van der Waals surface area contributed by atoms with Crippen LogP contribution in [0, 0.1) is 0 Å². The van der Waals surface area contributed by atoms with E-state index in [4.69, 9.17) is 14.5 Å². The number of rotatable bonds is 5. The highest BCUT2D eigenvalue weighted by Gasteiger charge is 2.25. The molecule has 0 fully saturated rings. The van der Waals surface area contributed by atoms with Gasteiger partial charge in [0.05, 0.1) is 31.8 Å². The number of methoxy groups -OCH3 is 1. The molecule has 1 aromatic carbocycles. The molecule has 0 spiro atoms. The van der Waals surface area contributed by atoms with Crippen LogP contribution < -0.4 is 5.32 Å². The van der Waals surface area contributed by atoms with Crippen molar-refractivity contribution in [3.05, 3.63) is 69.6 Å². The molecule has 0 saturated carbocycles. The number of nitrogens with one attached hydrogen (secondary N) is 1. The molecule has 30 heavy (non-hydrogen) atoms. The second-order valence-electron chi connectivity index (χ2n) is 7.58. The summed E-state index contributed by atoms with van der Waals surface area (Å²) in [5.74, 6) is 1.28.